The second kappa shape index (κ2) is 4.85. The topological polar surface area (TPSA) is 17.1 Å². The van der Waals surface area contributed by atoms with Gasteiger partial charge >= 0.3 is 0 Å². The molecule has 0 spiro atoms. The van der Waals surface area contributed by atoms with E-state index in [-0.39, 0.29) is 5.78 Å². The molecule has 3 aromatic rings. The number of fused-ring (bicyclic) bond motifs is 1. The van der Waals surface area contributed by atoms with Crippen LogP contribution in [0.15, 0.2) is 34.1 Å². The number of hydrogen-bond donors (Lipinski definition) is 0. The van der Waals surface area contributed by atoms with Gasteiger partial charge in [-0.25, -0.2) is 0 Å². The minimum Gasteiger partial charge on any atom is -0.288 e. The van der Waals surface area contributed by atoms with Gasteiger partial charge in [0.25, 0.3) is 0 Å². The van der Waals surface area contributed by atoms with Gasteiger partial charge in [-0.1, -0.05) is 12.1 Å². The molecule has 3 rings (SSSR count). The maximum absolute atomic E-state index is 12.6. The molecule has 0 amide bonds. The highest BCUT2D eigenvalue weighted by molar-refractivity contribution is 9.10. The molecule has 0 aliphatic rings. The zero-order valence-corrected chi connectivity index (χ0v) is 13.7. The van der Waals surface area contributed by atoms with Gasteiger partial charge in [0, 0.05) is 30.4 Å². The van der Waals surface area contributed by atoms with Crippen molar-refractivity contribution in [2.45, 2.75) is 13.8 Å². The summed E-state index contributed by atoms with van der Waals surface area (Å²) in [7, 11) is 0. The van der Waals surface area contributed by atoms with Crippen LogP contribution in [0.4, 0.5) is 0 Å². The van der Waals surface area contributed by atoms with Crippen LogP contribution in [0.3, 0.4) is 0 Å². The molecule has 0 aliphatic carbocycles. The fraction of sp³-hybridized carbons (Fsp3) is 0.133. The summed E-state index contributed by atoms with van der Waals surface area (Å²) in [5.41, 5.74) is 2.00. The molecule has 0 radical (unpaired) electrons. The Hall–Kier alpha value is -0.970. The van der Waals surface area contributed by atoms with Gasteiger partial charge in [-0.05, 0) is 47.5 Å². The van der Waals surface area contributed by atoms with E-state index in [1.54, 1.807) is 22.7 Å². The molecule has 2 heterocycles. The van der Waals surface area contributed by atoms with Crippen LogP contribution in [-0.2, 0) is 0 Å². The summed E-state index contributed by atoms with van der Waals surface area (Å²) >= 11 is 6.72. The van der Waals surface area contributed by atoms with E-state index in [1.165, 1.54) is 10.4 Å². The van der Waals surface area contributed by atoms with Crippen molar-refractivity contribution in [2.75, 3.05) is 0 Å². The molecule has 0 bridgehead atoms. The molecule has 0 saturated carbocycles. The lowest BCUT2D eigenvalue weighted by molar-refractivity contribution is 0.104. The van der Waals surface area contributed by atoms with E-state index in [2.05, 4.69) is 22.9 Å². The first-order chi connectivity index (χ1) is 9.08. The Morgan fingerprint density at radius 2 is 2.05 bits per heavy atom. The standard InChI is InChI=1S/C15H11BrOS2/c1-8-6-13(19-9(8)2)14(17)11-7-18-15-10(11)4-3-5-12(15)16/h3-7H,1-2H3. The summed E-state index contributed by atoms with van der Waals surface area (Å²) in [6.07, 6.45) is 0. The van der Waals surface area contributed by atoms with Crippen LogP contribution in [0.5, 0.6) is 0 Å². The predicted octanol–water partition coefficient (Wildman–Crippen LogP) is 5.57. The van der Waals surface area contributed by atoms with Crippen molar-refractivity contribution in [3.05, 3.63) is 55.0 Å². The highest BCUT2D eigenvalue weighted by Crippen LogP contribution is 2.34. The highest BCUT2D eigenvalue weighted by Gasteiger charge is 2.17. The fourth-order valence-electron chi connectivity index (χ4n) is 2.02. The van der Waals surface area contributed by atoms with Gasteiger partial charge < -0.3 is 0 Å². The zero-order valence-electron chi connectivity index (χ0n) is 10.5. The maximum atomic E-state index is 12.6. The average Bonchev–Trinajstić information content (AvgIpc) is 2.94. The van der Waals surface area contributed by atoms with Crippen molar-refractivity contribution >= 4 is 54.5 Å². The SMILES string of the molecule is Cc1cc(C(=O)c2csc3c(Br)cccc23)sc1C. The highest BCUT2D eigenvalue weighted by atomic mass is 79.9. The van der Waals surface area contributed by atoms with E-state index in [0.717, 1.165) is 25.0 Å². The monoisotopic (exact) mass is 350 g/mol. The molecule has 2 aromatic heterocycles. The van der Waals surface area contributed by atoms with Crippen LogP contribution in [0.2, 0.25) is 0 Å². The fourth-order valence-corrected chi connectivity index (χ4v) is 4.61. The Labute approximate surface area is 128 Å². The number of benzene rings is 1. The second-order valence-electron chi connectivity index (χ2n) is 4.44. The first kappa shape index (κ1) is 13.0. The Morgan fingerprint density at radius 1 is 1.26 bits per heavy atom. The molecule has 0 fully saturated rings. The van der Waals surface area contributed by atoms with Crippen molar-refractivity contribution in [1.82, 2.24) is 0 Å². The van der Waals surface area contributed by atoms with Crippen molar-refractivity contribution < 1.29 is 4.79 Å². The molecule has 0 atom stereocenters. The number of carbonyl (C=O) groups is 1. The van der Waals surface area contributed by atoms with Gasteiger partial charge in [0.15, 0.2) is 0 Å². The average molecular weight is 351 g/mol. The van der Waals surface area contributed by atoms with Gasteiger partial charge in [0.2, 0.25) is 5.78 Å². The summed E-state index contributed by atoms with van der Waals surface area (Å²) in [5, 5.41) is 3.00. The minimum atomic E-state index is 0.130. The zero-order chi connectivity index (χ0) is 13.6. The lowest BCUT2D eigenvalue weighted by Gasteiger charge is -1.97. The lowest BCUT2D eigenvalue weighted by Crippen LogP contribution is -1.96. The van der Waals surface area contributed by atoms with E-state index in [9.17, 15) is 4.79 Å². The van der Waals surface area contributed by atoms with Gasteiger partial charge in [0.1, 0.15) is 0 Å². The summed E-state index contributed by atoms with van der Waals surface area (Å²) in [6.45, 7) is 4.10. The molecule has 0 N–H and O–H groups in total. The molecule has 4 heteroatoms. The molecule has 0 unspecified atom stereocenters. The molecular formula is C15H11BrOS2. The molecule has 1 nitrogen and oxygen atoms in total. The quantitative estimate of drug-likeness (QED) is 0.552. The molecular weight excluding hydrogens is 340 g/mol. The minimum absolute atomic E-state index is 0.130. The third kappa shape index (κ3) is 2.18. The number of ketones is 1. The third-order valence-corrected chi connectivity index (χ3v) is 6.29. The smallest absolute Gasteiger partial charge is 0.204 e. The van der Waals surface area contributed by atoms with Crippen molar-refractivity contribution in [3.8, 4) is 0 Å². The number of thiophene rings is 2. The van der Waals surface area contributed by atoms with Gasteiger partial charge in [-0.2, -0.15) is 0 Å². The van der Waals surface area contributed by atoms with Crippen molar-refractivity contribution in [3.63, 3.8) is 0 Å². The van der Waals surface area contributed by atoms with Crippen LogP contribution >= 0.6 is 38.6 Å². The summed E-state index contributed by atoms with van der Waals surface area (Å²) < 4.78 is 2.18. The van der Waals surface area contributed by atoms with Gasteiger partial charge in [-0.3, -0.25) is 4.79 Å². The predicted molar refractivity (Wildman–Crippen MR) is 86.8 cm³/mol. The van der Waals surface area contributed by atoms with Crippen LogP contribution in [0.1, 0.15) is 25.7 Å². The number of halogens is 1. The van der Waals surface area contributed by atoms with E-state index in [0.29, 0.717) is 0 Å². The summed E-state index contributed by atoms with van der Waals surface area (Å²) in [6, 6.07) is 7.98. The third-order valence-electron chi connectivity index (χ3n) is 3.19. The van der Waals surface area contributed by atoms with Crippen LogP contribution in [-0.4, -0.2) is 5.78 Å². The Morgan fingerprint density at radius 3 is 2.74 bits per heavy atom. The largest absolute Gasteiger partial charge is 0.288 e. The lowest BCUT2D eigenvalue weighted by atomic mass is 10.1. The normalized spacial score (nSPS) is 11.1. The number of rotatable bonds is 2. The summed E-state index contributed by atoms with van der Waals surface area (Å²) in [4.78, 5) is 14.6. The molecule has 0 aliphatic heterocycles. The number of carbonyl (C=O) groups excluding carboxylic acids is 1. The first-order valence-electron chi connectivity index (χ1n) is 5.85. The Kier molecular flexibility index (Phi) is 3.33. The molecule has 0 saturated heterocycles. The Balaban J connectivity index is 2.14. The van der Waals surface area contributed by atoms with Crippen LogP contribution < -0.4 is 0 Å². The van der Waals surface area contributed by atoms with Gasteiger partial charge in [-0.15, -0.1) is 22.7 Å². The van der Waals surface area contributed by atoms with Crippen LogP contribution in [0.25, 0.3) is 10.1 Å². The molecule has 1 aromatic carbocycles. The molecule has 96 valence electrons. The number of aryl methyl sites for hydroxylation is 2. The van der Waals surface area contributed by atoms with Gasteiger partial charge in [0.05, 0.1) is 4.88 Å². The van der Waals surface area contributed by atoms with E-state index >= 15 is 0 Å². The second-order valence-corrected chi connectivity index (χ2v) is 7.44. The maximum Gasteiger partial charge on any atom is 0.204 e. The van der Waals surface area contributed by atoms with Crippen LogP contribution in [0, 0.1) is 13.8 Å². The van der Waals surface area contributed by atoms with E-state index < -0.39 is 0 Å². The molecule has 19 heavy (non-hydrogen) atoms. The van der Waals surface area contributed by atoms with Crippen molar-refractivity contribution in [2.24, 2.45) is 0 Å². The van der Waals surface area contributed by atoms with E-state index in [1.807, 2.05) is 36.6 Å². The van der Waals surface area contributed by atoms with E-state index in [4.69, 9.17) is 0 Å². The first-order valence-corrected chi connectivity index (χ1v) is 8.34. The van der Waals surface area contributed by atoms with Crippen molar-refractivity contribution in [1.29, 1.82) is 0 Å². The summed E-state index contributed by atoms with van der Waals surface area (Å²) in [5.74, 6) is 0.130. The number of hydrogen-bond acceptors (Lipinski definition) is 3. The Bertz CT molecular complexity index is 763.